The van der Waals surface area contributed by atoms with Crippen molar-refractivity contribution >= 4 is 22.6 Å². The Bertz CT molecular complexity index is 1220. The van der Waals surface area contributed by atoms with Crippen LogP contribution in [0.25, 0.3) is 11.0 Å². The van der Waals surface area contributed by atoms with Gasteiger partial charge in [0, 0.05) is 5.39 Å². The highest BCUT2D eigenvalue weighted by atomic mass is 16.5. The minimum Gasteiger partial charge on any atom is -0.493 e. The second kappa shape index (κ2) is 8.06. The molecule has 0 fully saturated rings. The average molecular weight is 388 g/mol. The van der Waals surface area contributed by atoms with Gasteiger partial charge in [-0.1, -0.05) is 30.3 Å². The van der Waals surface area contributed by atoms with Gasteiger partial charge in [0.25, 0.3) is 5.91 Å². The van der Waals surface area contributed by atoms with Crippen molar-refractivity contribution in [2.75, 3.05) is 7.11 Å². The normalized spacial score (nSPS) is 11.6. The van der Waals surface area contributed by atoms with Crippen LogP contribution in [0.15, 0.2) is 80.8 Å². The summed E-state index contributed by atoms with van der Waals surface area (Å²) in [5, 5.41) is 3.60. The average Bonchev–Trinajstić information content (AvgIpc) is 3.26. The van der Waals surface area contributed by atoms with Gasteiger partial charge in [-0.2, -0.15) is 0 Å². The molecule has 0 aliphatic rings. The van der Waals surface area contributed by atoms with Crippen LogP contribution in [-0.4, -0.2) is 13.0 Å². The number of fused-ring (bicyclic) bond motifs is 1. The van der Waals surface area contributed by atoms with E-state index in [2.05, 4.69) is 10.3 Å². The molecule has 0 spiro atoms. The summed E-state index contributed by atoms with van der Waals surface area (Å²) in [6.07, 6.45) is 1.57. The fourth-order valence-corrected chi connectivity index (χ4v) is 3.01. The van der Waals surface area contributed by atoms with E-state index < -0.39 is 0 Å². The van der Waals surface area contributed by atoms with Crippen LogP contribution in [0.2, 0.25) is 0 Å². The number of furan rings is 1. The van der Waals surface area contributed by atoms with E-state index in [0.717, 1.165) is 16.6 Å². The molecule has 2 heterocycles. The number of nitrogens with zero attached hydrogens (tertiary/aromatic N) is 1. The Morgan fingerprint density at radius 1 is 1.10 bits per heavy atom. The first kappa shape index (κ1) is 18.6. The van der Waals surface area contributed by atoms with E-state index in [1.807, 2.05) is 43.3 Å². The van der Waals surface area contributed by atoms with Gasteiger partial charge < -0.3 is 18.9 Å². The zero-order chi connectivity index (χ0) is 20.2. The summed E-state index contributed by atoms with van der Waals surface area (Å²) in [7, 11) is 1.58. The molecule has 6 nitrogen and oxygen atoms in total. The largest absolute Gasteiger partial charge is 0.493 e. The molecule has 0 aliphatic carbocycles. The quantitative estimate of drug-likeness (QED) is 0.546. The molecule has 0 unspecified atom stereocenters. The molecule has 0 atom stereocenters. The van der Waals surface area contributed by atoms with Crippen molar-refractivity contribution in [3.05, 3.63) is 89.4 Å². The van der Waals surface area contributed by atoms with Gasteiger partial charge in [0.15, 0.2) is 11.3 Å². The summed E-state index contributed by atoms with van der Waals surface area (Å²) >= 11 is 0. The summed E-state index contributed by atoms with van der Waals surface area (Å²) < 4.78 is 16.7. The van der Waals surface area contributed by atoms with Crippen molar-refractivity contribution in [1.82, 2.24) is 5.32 Å². The van der Waals surface area contributed by atoms with E-state index in [1.54, 1.807) is 37.6 Å². The lowest BCUT2D eigenvalue weighted by Crippen LogP contribution is -2.28. The Kier molecular flexibility index (Phi) is 5.16. The van der Waals surface area contributed by atoms with Crippen LogP contribution in [0.5, 0.6) is 5.75 Å². The molecule has 1 N–H and O–H groups in total. The number of nitrogens with one attached hydrogen (secondary N) is 1. The molecule has 0 bridgehead atoms. The predicted molar refractivity (Wildman–Crippen MR) is 109 cm³/mol. The minimum atomic E-state index is -0.304. The van der Waals surface area contributed by atoms with Crippen molar-refractivity contribution in [1.29, 1.82) is 0 Å². The highest BCUT2D eigenvalue weighted by Crippen LogP contribution is 2.25. The topological polar surface area (TPSA) is 77.0 Å². The summed E-state index contributed by atoms with van der Waals surface area (Å²) in [4.78, 5) is 17.6. The van der Waals surface area contributed by atoms with Gasteiger partial charge in [-0.3, -0.25) is 4.79 Å². The number of carbonyl (C=O) groups is 1. The number of hydrogen-bond acceptors (Lipinski definition) is 5. The fourth-order valence-electron chi connectivity index (χ4n) is 3.01. The van der Waals surface area contributed by atoms with E-state index in [9.17, 15) is 4.79 Å². The first-order valence-electron chi connectivity index (χ1n) is 9.17. The van der Waals surface area contributed by atoms with Crippen molar-refractivity contribution in [2.24, 2.45) is 4.99 Å². The number of aryl methyl sites for hydroxylation is 1. The van der Waals surface area contributed by atoms with Gasteiger partial charge in [-0.15, -0.1) is 0 Å². The summed E-state index contributed by atoms with van der Waals surface area (Å²) in [5.41, 5.74) is 2.79. The Labute approximate surface area is 167 Å². The van der Waals surface area contributed by atoms with Crippen LogP contribution in [0.3, 0.4) is 0 Å². The third-order valence-corrected chi connectivity index (χ3v) is 4.54. The molecule has 0 saturated carbocycles. The molecule has 0 saturated heterocycles. The van der Waals surface area contributed by atoms with Crippen molar-refractivity contribution in [2.45, 2.75) is 13.5 Å². The molecule has 29 heavy (non-hydrogen) atoms. The van der Waals surface area contributed by atoms with Gasteiger partial charge >= 0.3 is 0 Å². The zero-order valence-electron chi connectivity index (χ0n) is 16.1. The number of rotatable bonds is 5. The van der Waals surface area contributed by atoms with E-state index in [4.69, 9.17) is 13.6 Å². The number of amides is 1. The Balaban J connectivity index is 1.84. The molecule has 0 radical (unpaired) electrons. The zero-order valence-corrected chi connectivity index (χ0v) is 16.1. The molecule has 0 aliphatic heterocycles. The van der Waals surface area contributed by atoms with Crippen LogP contribution < -0.4 is 15.6 Å². The van der Waals surface area contributed by atoms with Crippen molar-refractivity contribution in [3.8, 4) is 5.75 Å². The third-order valence-electron chi connectivity index (χ3n) is 4.54. The molecule has 2 aromatic carbocycles. The number of benzene rings is 2. The molecule has 4 rings (SSSR count). The Hall–Kier alpha value is -3.80. The third kappa shape index (κ3) is 3.91. The first-order valence-corrected chi connectivity index (χ1v) is 9.17. The summed E-state index contributed by atoms with van der Waals surface area (Å²) in [6.45, 7) is 2.23. The Morgan fingerprint density at radius 2 is 1.97 bits per heavy atom. The molecule has 2 aromatic heterocycles. The van der Waals surface area contributed by atoms with Gasteiger partial charge in [-0.25, -0.2) is 4.99 Å². The molecule has 4 aromatic rings. The number of methoxy groups -OCH3 is 1. The number of ether oxygens (including phenoxy) is 1. The van der Waals surface area contributed by atoms with Gasteiger partial charge in [-0.05, 0) is 42.8 Å². The van der Waals surface area contributed by atoms with E-state index in [1.165, 1.54) is 0 Å². The number of hydrogen-bond donors (Lipinski definition) is 1. The fraction of sp³-hybridized carbons (Fsp3) is 0.130. The maximum atomic E-state index is 12.9. The summed E-state index contributed by atoms with van der Waals surface area (Å²) in [5.74, 6) is 0.934. The van der Waals surface area contributed by atoms with Crippen molar-refractivity contribution in [3.63, 3.8) is 0 Å². The second-order valence-corrected chi connectivity index (χ2v) is 6.50. The van der Waals surface area contributed by atoms with Crippen LogP contribution in [0, 0.1) is 6.92 Å². The second-order valence-electron chi connectivity index (χ2n) is 6.50. The lowest BCUT2D eigenvalue weighted by molar-refractivity contribution is 0.0944. The highest BCUT2D eigenvalue weighted by Gasteiger charge is 2.15. The van der Waals surface area contributed by atoms with Crippen LogP contribution in [0.4, 0.5) is 5.69 Å². The standard InChI is InChI=1S/C23H20N2O4/c1-15-7-3-4-10-19(15)25-23-18(22(26)24-14-17-9-6-12-28-17)13-16-8-5-11-20(27-2)21(16)29-23/h3-13H,14H2,1-2H3,(H,24,26). The van der Waals surface area contributed by atoms with Crippen LogP contribution in [0.1, 0.15) is 21.7 Å². The molecule has 1 amide bonds. The maximum Gasteiger partial charge on any atom is 0.257 e. The summed E-state index contributed by atoms with van der Waals surface area (Å²) in [6, 6.07) is 18.5. The Morgan fingerprint density at radius 3 is 2.72 bits per heavy atom. The van der Waals surface area contributed by atoms with Crippen molar-refractivity contribution < 1.29 is 18.4 Å². The van der Waals surface area contributed by atoms with Crippen LogP contribution >= 0.6 is 0 Å². The number of carbonyl (C=O) groups excluding carboxylic acids is 1. The smallest absolute Gasteiger partial charge is 0.257 e. The molecule has 6 heteroatoms. The SMILES string of the molecule is COc1cccc2cc(C(=O)NCc3ccco3)c(=Nc3ccccc3C)oc12. The van der Waals surface area contributed by atoms with Gasteiger partial charge in [0.1, 0.15) is 11.3 Å². The highest BCUT2D eigenvalue weighted by molar-refractivity contribution is 5.97. The lowest BCUT2D eigenvalue weighted by atomic mass is 10.1. The van der Waals surface area contributed by atoms with E-state index >= 15 is 0 Å². The maximum absolute atomic E-state index is 12.9. The van der Waals surface area contributed by atoms with Gasteiger partial charge in [0.05, 0.1) is 25.6 Å². The van der Waals surface area contributed by atoms with E-state index in [-0.39, 0.29) is 18.0 Å². The lowest BCUT2D eigenvalue weighted by Gasteiger charge is -2.08. The van der Waals surface area contributed by atoms with Gasteiger partial charge in [0.2, 0.25) is 5.55 Å². The molecular formula is C23H20N2O4. The first-order chi connectivity index (χ1) is 14.2. The predicted octanol–water partition coefficient (Wildman–Crippen LogP) is 4.51. The monoisotopic (exact) mass is 388 g/mol. The van der Waals surface area contributed by atoms with E-state index in [0.29, 0.717) is 22.7 Å². The molecular weight excluding hydrogens is 368 g/mol. The number of para-hydroxylation sites is 2. The van der Waals surface area contributed by atoms with Crippen LogP contribution in [-0.2, 0) is 6.54 Å². The minimum absolute atomic E-state index is 0.216. The molecule has 146 valence electrons.